The number of nitrogens with zero attached hydrogens (tertiary/aromatic N) is 2. The Morgan fingerprint density at radius 3 is 3.07 bits per heavy atom. The van der Waals surface area contributed by atoms with Crippen LogP contribution in [0.15, 0.2) is 0 Å². The molecule has 1 fully saturated rings. The fourth-order valence-electron chi connectivity index (χ4n) is 1.80. The molecular weight excluding hydrogens is 178 g/mol. The number of rotatable bonds is 3. The Kier molecular flexibility index (Phi) is 3.90. The van der Waals surface area contributed by atoms with Gasteiger partial charge in [-0.1, -0.05) is 6.92 Å². The van der Waals surface area contributed by atoms with Crippen molar-refractivity contribution in [2.24, 2.45) is 17.6 Å². The summed E-state index contributed by atoms with van der Waals surface area (Å²) in [5.41, 5.74) is 5.19. The number of carbonyl (C=O) groups excluding carboxylic acids is 1. The number of amides is 1. The summed E-state index contributed by atoms with van der Waals surface area (Å²) in [4.78, 5) is 13.0. The van der Waals surface area contributed by atoms with Crippen LogP contribution in [0, 0.1) is 23.2 Å². The number of primary amides is 1. The van der Waals surface area contributed by atoms with E-state index in [1.54, 1.807) is 0 Å². The van der Waals surface area contributed by atoms with Crippen LogP contribution < -0.4 is 5.73 Å². The molecular formula is C10H17N3O. The summed E-state index contributed by atoms with van der Waals surface area (Å²) < 4.78 is 0. The highest BCUT2D eigenvalue weighted by Crippen LogP contribution is 2.16. The minimum atomic E-state index is -0.260. The maximum absolute atomic E-state index is 10.9. The maximum Gasteiger partial charge on any atom is 0.221 e. The Hall–Kier alpha value is -1.08. The highest BCUT2D eigenvalue weighted by atomic mass is 16.1. The molecule has 0 saturated carbocycles. The van der Waals surface area contributed by atoms with Crippen LogP contribution in [0.5, 0.6) is 0 Å². The van der Waals surface area contributed by atoms with Gasteiger partial charge in [-0.25, -0.2) is 0 Å². The standard InChI is InChI=1S/C10H17N3O/c1-8(10(12)14)6-13-4-2-3-9(5-11)7-13/h8-9H,2-4,6-7H2,1H3,(H2,12,14). The first-order valence-corrected chi connectivity index (χ1v) is 5.04. The Balaban J connectivity index is 2.38. The Bertz CT molecular complexity index is 246. The second kappa shape index (κ2) is 4.97. The molecule has 1 rings (SSSR count). The Morgan fingerprint density at radius 1 is 1.79 bits per heavy atom. The van der Waals surface area contributed by atoms with E-state index in [4.69, 9.17) is 11.0 Å². The number of carbonyl (C=O) groups is 1. The molecule has 0 spiro atoms. The van der Waals surface area contributed by atoms with Crippen molar-refractivity contribution < 1.29 is 4.79 Å². The quantitative estimate of drug-likeness (QED) is 0.706. The van der Waals surface area contributed by atoms with E-state index in [1.807, 2.05) is 6.92 Å². The van der Waals surface area contributed by atoms with Crippen molar-refractivity contribution in [3.05, 3.63) is 0 Å². The van der Waals surface area contributed by atoms with Gasteiger partial charge >= 0.3 is 0 Å². The van der Waals surface area contributed by atoms with Gasteiger partial charge in [-0.15, -0.1) is 0 Å². The van der Waals surface area contributed by atoms with Gasteiger partial charge in [0.2, 0.25) is 5.91 Å². The number of nitrogens with two attached hydrogens (primary N) is 1. The van der Waals surface area contributed by atoms with Gasteiger partial charge in [-0.2, -0.15) is 5.26 Å². The average molecular weight is 195 g/mol. The summed E-state index contributed by atoms with van der Waals surface area (Å²) >= 11 is 0. The van der Waals surface area contributed by atoms with Gasteiger partial charge in [0, 0.05) is 19.0 Å². The fraction of sp³-hybridized carbons (Fsp3) is 0.800. The lowest BCUT2D eigenvalue weighted by Crippen LogP contribution is -2.40. The lowest BCUT2D eigenvalue weighted by Gasteiger charge is -2.30. The number of nitriles is 1. The van der Waals surface area contributed by atoms with Crippen LogP contribution in [0.4, 0.5) is 0 Å². The first kappa shape index (κ1) is 11.0. The summed E-state index contributed by atoms with van der Waals surface area (Å²) in [5.74, 6) is -0.250. The number of hydrogen-bond donors (Lipinski definition) is 1. The lowest BCUT2D eigenvalue weighted by atomic mass is 9.98. The topological polar surface area (TPSA) is 70.1 Å². The third-order valence-electron chi connectivity index (χ3n) is 2.71. The van der Waals surface area contributed by atoms with E-state index in [0.717, 1.165) is 25.9 Å². The number of piperidine rings is 1. The fourth-order valence-corrected chi connectivity index (χ4v) is 1.80. The Morgan fingerprint density at radius 2 is 2.50 bits per heavy atom. The molecule has 0 aromatic rings. The van der Waals surface area contributed by atoms with Crippen LogP contribution in [-0.4, -0.2) is 30.4 Å². The molecule has 78 valence electrons. The molecule has 1 amide bonds. The van der Waals surface area contributed by atoms with Gasteiger partial charge in [0.25, 0.3) is 0 Å². The van der Waals surface area contributed by atoms with E-state index in [9.17, 15) is 4.79 Å². The van der Waals surface area contributed by atoms with E-state index in [-0.39, 0.29) is 17.7 Å². The molecule has 0 aromatic carbocycles. The Labute approximate surface area is 84.7 Å². The van der Waals surface area contributed by atoms with E-state index < -0.39 is 0 Å². The largest absolute Gasteiger partial charge is 0.369 e. The van der Waals surface area contributed by atoms with Crippen LogP contribution in [-0.2, 0) is 4.79 Å². The van der Waals surface area contributed by atoms with Gasteiger partial charge < -0.3 is 10.6 Å². The summed E-state index contributed by atoms with van der Waals surface area (Å²) in [6, 6.07) is 2.28. The summed E-state index contributed by atoms with van der Waals surface area (Å²) in [7, 11) is 0. The molecule has 2 N–H and O–H groups in total. The highest BCUT2D eigenvalue weighted by Gasteiger charge is 2.22. The van der Waals surface area contributed by atoms with E-state index in [2.05, 4.69) is 11.0 Å². The van der Waals surface area contributed by atoms with E-state index in [1.165, 1.54) is 0 Å². The minimum Gasteiger partial charge on any atom is -0.369 e. The second-order valence-corrected chi connectivity index (χ2v) is 4.03. The van der Waals surface area contributed by atoms with Crippen LogP contribution in [0.2, 0.25) is 0 Å². The normalized spacial score (nSPS) is 25.3. The molecule has 0 aromatic heterocycles. The van der Waals surface area contributed by atoms with E-state index >= 15 is 0 Å². The molecule has 4 nitrogen and oxygen atoms in total. The SMILES string of the molecule is CC(CN1CCCC(C#N)C1)C(N)=O. The van der Waals surface area contributed by atoms with Crippen molar-refractivity contribution in [3.8, 4) is 6.07 Å². The monoisotopic (exact) mass is 195 g/mol. The predicted molar refractivity (Wildman–Crippen MR) is 53.1 cm³/mol. The van der Waals surface area contributed by atoms with Gasteiger partial charge in [0.15, 0.2) is 0 Å². The van der Waals surface area contributed by atoms with Crippen LogP contribution >= 0.6 is 0 Å². The van der Waals surface area contributed by atoms with Crippen molar-refractivity contribution in [1.29, 1.82) is 5.26 Å². The molecule has 2 atom stereocenters. The zero-order valence-corrected chi connectivity index (χ0v) is 8.57. The highest BCUT2D eigenvalue weighted by molar-refractivity contribution is 5.76. The molecule has 1 heterocycles. The molecule has 0 aliphatic carbocycles. The zero-order valence-electron chi connectivity index (χ0n) is 8.57. The second-order valence-electron chi connectivity index (χ2n) is 4.03. The summed E-state index contributed by atoms with van der Waals surface area (Å²) in [6.45, 7) is 4.29. The zero-order chi connectivity index (χ0) is 10.6. The molecule has 1 saturated heterocycles. The number of hydrogen-bond acceptors (Lipinski definition) is 3. The van der Waals surface area contributed by atoms with E-state index in [0.29, 0.717) is 6.54 Å². The smallest absolute Gasteiger partial charge is 0.221 e. The van der Waals surface area contributed by atoms with Crippen molar-refractivity contribution in [3.63, 3.8) is 0 Å². The predicted octanol–water partition coefficient (Wildman–Crippen LogP) is 0.343. The van der Waals surface area contributed by atoms with Gasteiger partial charge in [0.05, 0.1) is 12.0 Å². The third-order valence-corrected chi connectivity index (χ3v) is 2.71. The van der Waals surface area contributed by atoms with Crippen LogP contribution in [0.3, 0.4) is 0 Å². The first-order valence-electron chi connectivity index (χ1n) is 5.04. The van der Waals surface area contributed by atoms with Gasteiger partial charge in [-0.05, 0) is 19.4 Å². The van der Waals surface area contributed by atoms with Crippen molar-refractivity contribution >= 4 is 5.91 Å². The first-order chi connectivity index (χ1) is 6.63. The molecule has 2 unspecified atom stereocenters. The van der Waals surface area contributed by atoms with Gasteiger partial charge in [-0.3, -0.25) is 4.79 Å². The molecule has 1 aliphatic rings. The molecule has 0 radical (unpaired) electrons. The summed E-state index contributed by atoms with van der Waals surface area (Å²) in [6.07, 6.45) is 2.03. The van der Waals surface area contributed by atoms with Gasteiger partial charge in [0.1, 0.15) is 0 Å². The van der Waals surface area contributed by atoms with Crippen molar-refractivity contribution in [2.75, 3.05) is 19.6 Å². The van der Waals surface area contributed by atoms with Crippen LogP contribution in [0.1, 0.15) is 19.8 Å². The third kappa shape index (κ3) is 3.00. The minimum absolute atomic E-state index is 0.118. The van der Waals surface area contributed by atoms with Crippen LogP contribution in [0.25, 0.3) is 0 Å². The average Bonchev–Trinajstić information content (AvgIpc) is 2.18. The summed E-state index contributed by atoms with van der Waals surface area (Å²) in [5, 5.41) is 8.78. The van der Waals surface area contributed by atoms with Crippen molar-refractivity contribution in [2.45, 2.75) is 19.8 Å². The molecule has 1 aliphatic heterocycles. The molecule has 14 heavy (non-hydrogen) atoms. The maximum atomic E-state index is 10.9. The lowest BCUT2D eigenvalue weighted by molar-refractivity contribution is -0.122. The molecule has 0 bridgehead atoms. The van der Waals surface area contributed by atoms with Crippen molar-refractivity contribution in [1.82, 2.24) is 4.90 Å². The number of likely N-dealkylation sites (tertiary alicyclic amines) is 1. The molecule has 4 heteroatoms.